The largest absolute Gasteiger partial charge is 0.243 e. The number of aryl methyl sites for hydroxylation is 2. The van der Waals surface area contributed by atoms with E-state index in [2.05, 4.69) is 0 Å². The topological polar surface area (TPSA) is 37.4 Å². The molecule has 1 aromatic carbocycles. The van der Waals surface area contributed by atoms with Crippen molar-refractivity contribution in [3.8, 4) is 0 Å². The van der Waals surface area contributed by atoms with Crippen molar-refractivity contribution < 1.29 is 8.42 Å². The lowest BCUT2D eigenvalue weighted by Crippen LogP contribution is -2.42. The average Bonchev–Trinajstić information content (AvgIpc) is 2.32. The van der Waals surface area contributed by atoms with Gasteiger partial charge in [0.25, 0.3) is 0 Å². The Hall–Kier alpha value is -0.870. The first kappa shape index (κ1) is 13.6. The van der Waals surface area contributed by atoms with Crippen LogP contribution in [0.4, 0.5) is 0 Å². The summed E-state index contributed by atoms with van der Waals surface area (Å²) in [6.45, 7) is 6.44. The van der Waals surface area contributed by atoms with Crippen LogP contribution in [0.2, 0.25) is 0 Å². The molecule has 1 atom stereocenters. The highest BCUT2D eigenvalue weighted by Gasteiger charge is 2.31. The van der Waals surface area contributed by atoms with Crippen molar-refractivity contribution in [2.24, 2.45) is 0 Å². The molecule has 0 N–H and O–H groups in total. The Morgan fingerprint density at radius 2 is 1.94 bits per heavy atom. The summed E-state index contributed by atoms with van der Waals surface area (Å²) in [5, 5.41) is 0. The molecule has 3 nitrogen and oxygen atoms in total. The van der Waals surface area contributed by atoms with Crippen LogP contribution in [0, 0.1) is 13.8 Å². The molecule has 18 heavy (non-hydrogen) atoms. The van der Waals surface area contributed by atoms with Crippen molar-refractivity contribution in [1.82, 2.24) is 4.31 Å². The molecule has 0 saturated carbocycles. The number of sulfonamides is 1. The second-order valence-electron chi connectivity index (χ2n) is 5.23. The third-order valence-electron chi connectivity index (χ3n) is 3.67. The second-order valence-corrected chi connectivity index (χ2v) is 7.09. The zero-order valence-corrected chi connectivity index (χ0v) is 12.1. The molecule has 0 unspecified atom stereocenters. The molecule has 1 heterocycles. The van der Waals surface area contributed by atoms with Gasteiger partial charge in [-0.3, -0.25) is 0 Å². The quantitative estimate of drug-likeness (QED) is 0.826. The van der Waals surface area contributed by atoms with Crippen LogP contribution in [0.15, 0.2) is 23.1 Å². The van der Waals surface area contributed by atoms with E-state index in [0.717, 1.165) is 30.4 Å². The van der Waals surface area contributed by atoms with Crippen LogP contribution >= 0.6 is 0 Å². The zero-order valence-electron chi connectivity index (χ0n) is 11.3. The smallest absolute Gasteiger partial charge is 0.207 e. The number of benzene rings is 1. The minimum absolute atomic E-state index is 0.115. The lowest BCUT2D eigenvalue weighted by Gasteiger charge is -2.32. The SMILES string of the molecule is Cc1ccc(C)c(S(=O)(=O)N2CCCC[C@@H]2C)c1. The maximum atomic E-state index is 12.7. The number of hydrogen-bond acceptors (Lipinski definition) is 2. The summed E-state index contributed by atoms with van der Waals surface area (Å²) in [6.07, 6.45) is 3.05. The monoisotopic (exact) mass is 267 g/mol. The van der Waals surface area contributed by atoms with Gasteiger partial charge in [-0.1, -0.05) is 18.6 Å². The molecule has 1 fully saturated rings. The zero-order chi connectivity index (χ0) is 13.3. The van der Waals surface area contributed by atoms with Crippen LogP contribution in [-0.2, 0) is 10.0 Å². The molecule has 1 aromatic rings. The van der Waals surface area contributed by atoms with Gasteiger partial charge in [0, 0.05) is 12.6 Å². The van der Waals surface area contributed by atoms with E-state index in [9.17, 15) is 8.42 Å². The Kier molecular flexibility index (Phi) is 3.78. The third-order valence-corrected chi connectivity index (χ3v) is 5.83. The molecule has 0 radical (unpaired) electrons. The first-order chi connectivity index (χ1) is 8.43. The van der Waals surface area contributed by atoms with Crippen molar-refractivity contribution >= 4 is 10.0 Å². The lowest BCUT2D eigenvalue weighted by molar-refractivity contribution is 0.268. The summed E-state index contributed by atoms with van der Waals surface area (Å²) in [7, 11) is -3.33. The molecule has 0 aromatic heterocycles. The number of rotatable bonds is 2. The van der Waals surface area contributed by atoms with Crippen molar-refractivity contribution in [3.63, 3.8) is 0 Å². The van der Waals surface area contributed by atoms with Crippen LogP contribution in [0.3, 0.4) is 0 Å². The maximum Gasteiger partial charge on any atom is 0.243 e. The molecule has 0 aliphatic carbocycles. The van der Waals surface area contributed by atoms with Crippen LogP contribution in [0.5, 0.6) is 0 Å². The highest BCUT2D eigenvalue weighted by molar-refractivity contribution is 7.89. The van der Waals surface area contributed by atoms with Gasteiger partial charge in [-0.05, 0) is 50.8 Å². The number of nitrogens with zero attached hydrogens (tertiary/aromatic N) is 1. The summed E-state index contributed by atoms with van der Waals surface area (Å²) in [6, 6.07) is 5.74. The highest BCUT2D eigenvalue weighted by atomic mass is 32.2. The Morgan fingerprint density at radius 3 is 2.61 bits per heavy atom. The standard InChI is InChI=1S/C14H21NO2S/c1-11-7-8-12(2)14(10-11)18(16,17)15-9-5-4-6-13(15)3/h7-8,10,13H,4-6,9H2,1-3H3/t13-/m0/s1. The minimum Gasteiger partial charge on any atom is -0.207 e. The normalized spacial score (nSPS) is 22.1. The van der Waals surface area contributed by atoms with E-state index in [0.29, 0.717) is 11.4 Å². The van der Waals surface area contributed by atoms with E-state index >= 15 is 0 Å². The lowest BCUT2D eigenvalue weighted by atomic mass is 10.1. The summed E-state index contributed by atoms with van der Waals surface area (Å²) >= 11 is 0. The van der Waals surface area contributed by atoms with Crippen LogP contribution in [0.1, 0.15) is 37.3 Å². The van der Waals surface area contributed by atoms with Gasteiger partial charge in [0.1, 0.15) is 0 Å². The van der Waals surface area contributed by atoms with Crippen molar-refractivity contribution in [1.29, 1.82) is 0 Å². The first-order valence-electron chi connectivity index (χ1n) is 6.52. The molecule has 1 aliphatic heterocycles. The van der Waals surface area contributed by atoms with Gasteiger partial charge in [-0.25, -0.2) is 8.42 Å². The Morgan fingerprint density at radius 1 is 1.22 bits per heavy atom. The Labute approximate surface area is 110 Å². The highest BCUT2D eigenvalue weighted by Crippen LogP contribution is 2.27. The fourth-order valence-corrected chi connectivity index (χ4v) is 4.55. The molecule has 0 bridgehead atoms. The summed E-state index contributed by atoms with van der Waals surface area (Å²) in [5.41, 5.74) is 1.82. The van der Waals surface area contributed by atoms with Gasteiger partial charge >= 0.3 is 0 Å². The summed E-state index contributed by atoms with van der Waals surface area (Å²) < 4.78 is 27.1. The Balaban J connectivity index is 2.44. The molecular formula is C14H21NO2S. The van der Waals surface area contributed by atoms with Gasteiger partial charge in [0.2, 0.25) is 10.0 Å². The van der Waals surface area contributed by atoms with E-state index in [4.69, 9.17) is 0 Å². The van der Waals surface area contributed by atoms with E-state index in [1.807, 2.05) is 32.9 Å². The van der Waals surface area contributed by atoms with Crippen LogP contribution in [0.25, 0.3) is 0 Å². The molecule has 100 valence electrons. The van der Waals surface area contributed by atoms with Gasteiger partial charge < -0.3 is 0 Å². The summed E-state index contributed by atoms with van der Waals surface area (Å²) in [4.78, 5) is 0.469. The van der Waals surface area contributed by atoms with Gasteiger partial charge in [-0.15, -0.1) is 0 Å². The summed E-state index contributed by atoms with van der Waals surface area (Å²) in [5.74, 6) is 0. The van der Waals surface area contributed by atoms with E-state index < -0.39 is 10.0 Å². The Bertz CT molecular complexity index is 537. The fraction of sp³-hybridized carbons (Fsp3) is 0.571. The molecule has 2 rings (SSSR count). The molecule has 0 amide bonds. The van der Waals surface area contributed by atoms with E-state index in [-0.39, 0.29) is 6.04 Å². The van der Waals surface area contributed by atoms with Crippen LogP contribution in [-0.4, -0.2) is 25.3 Å². The average molecular weight is 267 g/mol. The van der Waals surface area contributed by atoms with Crippen molar-refractivity contribution in [2.75, 3.05) is 6.54 Å². The van der Waals surface area contributed by atoms with Crippen LogP contribution < -0.4 is 0 Å². The minimum atomic E-state index is -3.33. The predicted octanol–water partition coefficient (Wildman–Crippen LogP) is 2.87. The third kappa shape index (κ3) is 2.45. The first-order valence-corrected chi connectivity index (χ1v) is 7.96. The molecule has 4 heteroatoms. The number of hydrogen-bond donors (Lipinski definition) is 0. The molecule has 1 aliphatic rings. The van der Waals surface area contributed by atoms with E-state index in [1.165, 1.54) is 0 Å². The van der Waals surface area contributed by atoms with Crippen molar-refractivity contribution in [3.05, 3.63) is 29.3 Å². The van der Waals surface area contributed by atoms with Gasteiger partial charge in [0.05, 0.1) is 4.90 Å². The molecule has 1 saturated heterocycles. The molecule has 0 spiro atoms. The van der Waals surface area contributed by atoms with Gasteiger partial charge in [0.15, 0.2) is 0 Å². The predicted molar refractivity (Wildman–Crippen MR) is 73.1 cm³/mol. The van der Waals surface area contributed by atoms with Gasteiger partial charge in [-0.2, -0.15) is 4.31 Å². The maximum absolute atomic E-state index is 12.7. The fourth-order valence-electron chi connectivity index (χ4n) is 2.54. The van der Waals surface area contributed by atoms with Crippen molar-refractivity contribution in [2.45, 2.75) is 51.0 Å². The van der Waals surface area contributed by atoms with E-state index in [1.54, 1.807) is 10.4 Å². The molecular weight excluding hydrogens is 246 g/mol. The number of piperidine rings is 1. The second kappa shape index (κ2) is 5.02.